The van der Waals surface area contributed by atoms with Crippen LogP contribution in [0.3, 0.4) is 0 Å². The molecule has 0 aromatic carbocycles. The Morgan fingerprint density at radius 2 is 2.22 bits per heavy atom. The summed E-state index contributed by atoms with van der Waals surface area (Å²) in [6.07, 6.45) is -3.64. The zero-order valence-corrected chi connectivity index (χ0v) is 14.2. The number of hydrogen-bond donors (Lipinski definition) is 2. The summed E-state index contributed by atoms with van der Waals surface area (Å²) in [5.74, 6) is -3.56. The summed E-state index contributed by atoms with van der Waals surface area (Å²) in [5.41, 5.74) is 4.42. The van der Waals surface area contributed by atoms with Crippen molar-refractivity contribution in [3.63, 3.8) is 0 Å². The molecule has 0 saturated carbocycles. The first-order valence-corrected chi connectivity index (χ1v) is 10.4. The number of anilines is 1. The second-order valence-electron chi connectivity index (χ2n) is 6.08. The van der Waals surface area contributed by atoms with Gasteiger partial charge in [0.1, 0.15) is 18.0 Å². The quantitative estimate of drug-likeness (QED) is 0.768. The molecule has 1 aromatic rings. The number of rotatable bonds is 5. The van der Waals surface area contributed by atoms with Gasteiger partial charge in [-0.3, -0.25) is 4.57 Å². The first-order chi connectivity index (χ1) is 10.6. The van der Waals surface area contributed by atoms with E-state index < -0.39 is 45.0 Å². The highest BCUT2D eigenvalue weighted by Crippen LogP contribution is 2.44. The van der Waals surface area contributed by atoms with Gasteiger partial charge in [0.25, 0.3) is 0 Å². The van der Waals surface area contributed by atoms with Crippen LogP contribution in [0.1, 0.15) is 13.2 Å². The van der Waals surface area contributed by atoms with Gasteiger partial charge in [-0.25, -0.2) is 4.79 Å². The topological polar surface area (TPSA) is 99.6 Å². The Labute approximate surface area is 133 Å². The molecule has 23 heavy (non-hydrogen) atoms. The van der Waals surface area contributed by atoms with Gasteiger partial charge in [-0.05, 0) is 25.2 Å². The molecule has 2 rings (SSSR count). The molecule has 3 unspecified atom stereocenters. The fourth-order valence-electron chi connectivity index (χ4n) is 2.29. The van der Waals surface area contributed by atoms with E-state index in [1.807, 2.05) is 20.0 Å². The van der Waals surface area contributed by atoms with Crippen LogP contribution >= 0.6 is 0 Å². The van der Waals surface area contributed by atoms with Gasteiger partial charge in [0, 0.05) is 6.20 Å². The molecule has 3 N–H and O–H groups in total. The minimum Gasteiger partial charge on any atom is -0.406 e. The summed E-state index contributed by atoms with van der Waals surface area (Å²) in [6, 6.07) is 1.86. The number of aromatic nitrogens is 2. The van der Waals surface area contributed by atoms with Gasteiger partial charge in [-0.2, -0.15) is 13.8 Å². The van der Waals surface area contributed by atoms with Crippen molar-refractivity contribution in [3.8, 4) is 0 Å². The first kappa shape index (κ1) is 18.0. The van der Waals surface area contributed by atoms with E-state index in [1.165, 1.54) is 6.07 Å². The first-order valence-electron chi connectivity index (χ1n) is 7.29. The van der Waals surface area contributed by atoms with Gasteiger partial charge >= 0.3 is 11.6 Å². The molecule has 0 radical (unpaired) electrons. The van der Waals surface area contributed by atoms with Crippen LogP contribution in [0.2, 0.25) is 19.1 Å². The van der Waals surface area contributed by atoms with Crippen LogP contribution in [0.25, 0.3) is 0 Å². The molecule has 3 atom stereocenters. The van der Waals surface area contributed by atoms with Crippen molar-refractivity contribution < 1.29 is 23.1 Å². The summed E-state index contributed by atoms with van der Waals surface area (Å²) in [7, 11) is -2.34. The Hall–Kier alpha value is -1.36. The van der Waals surface area contributed by atoms with Crippen molar-refractivity contribution in [1.82, 2.24) is 9.55 Å². The van der Waals surface area contributed by atoms with E-state index in [4.69, 9.17) is 14.9 Å². The molecular weight excluding hydrogens is 328 g/mol. The average molecular weight is 349 g/mol. The van der Waals surface area contributed by atoms with Crippen molar-refractivity contribution in [2.24, 2.45) is 0 Å². The van der Waals surface area contributed by atoms with Crippen LogP contribution in [0.5, 0.6) is 0 Å². The van der Waals surface area contributed by atoms with Crippen LogP contribution in [-0.2, 0) is 9.16 Å². The van der Waals surface area contributed by atoms with Crippen LogP contribution < -0.4 is 11.4 Å². The fraction of sp³-hybridized carbons (Fsp3) is 0.692. The lowest BCUT2D eigenvalue weighted by molar-refractivity contribution is -0.138. The number of nitrogen functional groups attached to an aromatic ring is 1. The van der Waals surface area contributed by atoms with Crippen molar-refractivity contribution in [2.75, 3.05) is 12.3 Å². The summed E-state index contributed by atoms with van der Waals surface area (Å²) in [6.45, 7) is 4.84. The predicted octanol–water partition coefficient (Wildman–Crippen LogP) is 0.961. The van der Waals surface area contributed by atoms with Crippen LogP contribution in [0, 0.1) is 0 Å². The molecule has 130 valence electrons. The summed E-state index contributed by atoms with van der Waals surface area (Å²) in [5, 5.41) is 9.37. The smallest absolute Gasteiger partial charge is 0.351 e. The molecule has 1 fully saturated rings. The van der Waals surface area contributed by atoms with Crippen LogP contribution in [0.4, 0.5) is 14.6 Å². The Morgan fingerprint density at radius 3 is 2.74 bits per heavy atom. The summed E-state index contributed by atoms with van der Waals surface area (Å²) < 4.78 is 41.1. The van der Waals surface area contributed by atoms with Gasteiger partial charge in [-0.15, -0.1) is 0 Å². The van der Waals surface area contributed by atoms with Gasteiger partial charge in [0.15, 0.2) is 8.32 Å². The standard InChI is InChI=1S/C13H21F2N3O4Si/c1-4-23(2,3)22-10-8(7-19)21-11(13(10,14)15)18-6-5-9(16)17-12(18)20/h5-6,8,10-11,19H,4,7H2,1-3H3,(H2,16,17,20). The highest BCUT2D eigenvalue weighted by atomic mass is 28.4. The Balaban J connectivity index is 2.38. The normalized spacial score (nSPS) is 27.3. The number of halogens is 2. The lowest BCUT2D eigenvalue weighted by atomic mass is 10.1. The monoisotopic (exact) mass is 349 g/mol. The lowest BCUT2D eigenvalue weighted by Crippen LogP contribution is -2.49. The van der Waals surface area contributed by atoms with E-state index in [9.17, 15) is 18.7 Å². The lowest BCUT2D eigenvalue weighted by Gasteiger charge is -2.31. The van der Waals surface area contributed by atoms with Gasteiger partial charge < -0.3 is 20.0 Å². The number of ether oxygens (including phenoxy) is 1. The van der Waals surface area contributed by atoms with Crippen LogP contribution in [0.15, 0.2) is 17.1 Å². The zero-order valence-electron chi connectivity index (χ0n) is 13.2. The molecular formula is C13H21F2N3O4Si. The third-order valence-corrected chi connectivity index (χ3v) is 6.53. The second kappa shape index (κ2) is 6.27. The van der Waals surface area contributed by atoms with Gasteiger partial charge in [0.05, 0.1) is 6.61 Å². The highest BCUT2D eigenvalue weighted by Gasteiger charge is 2.61. The molecule has 0 aliphatic carbocycles. The molecule has 2 heterocycles. The Kier molecular flexibility index (Phi) is 4.90. The minimum absolute atomic E-state index is 0.0707. The Morgan fingerprint density at radius 1 is 1.57 bits per heavy atom. The van der Waals surface area contributed by atoms with E-state index in [0.29, 0.717) is 10.6 Å². The fourth-order valence-corrected chi connectivity index (χ4v) is 3.45. The number of nitrogens with two attached hydrogens (primary N) is 1. The van der Waals surface area contributed by atoms with E-state index in [1.54, 1.807) is 0 Å². The molecule has 1 aliphatic rings. The number of nitrogens with zero attached hydrogens (tertiary/aromatic N) is 2. The van der Waals surface area contributed by atoms with Crippen molar-refractivity contribution in [1.29, 1.82) is 0 Å². The predicted molar refractivity (Wildman–Crippen MR) is 81.7 cm³/mol. The number of alkyl halides is 2. The van der Waals surface area contributed by atoms with Crippen LogP contribution in [-0.4, -0.2) is 47.7 Å². The molecule has 10 heteroatoms. The minimum atomic E-state index is -3.49. The largest absolute Gasteiger partial charge is 0.406 e. The molecule has 1 aliphatic heterocycles. The highest BCUT2D eigenvalue weighted by molar-refractivity contribution is 6.71. The zero-order chi connectivity index (χ0) is 17.4. The molecule has 7 nitrogen and oxygen atoms in total. The van der Waals surface area contributed by atoms with Gasteiger partial charge in [0.2, 0.25) is 6.23 Å². The maximum atomic E-state index is 14.8. The van der Waals surface area contributed by atoms with Crippen molar-refractivity contribution in [3.05, 3.63) is 22.7 Å². The van der Waals surface area contributed by atoms with E-state index in [0.717, 1.165) is 6.20 Å². The van der Waals surface area contributed by atoms with E-state index in [2.05, 4.69) is 4.98 Å². The maximum Gasteiger partial charge on any atom is 0.351 e. The molecule has 0 bridgehead atoms. The molecule has 0 amide bonds. The second-order valence-corrected chi connectivity index (χ2v) is 10.5. The van der Waals surface area contributed by atoms with Crippen molar-refractivity contribution in [2.45, 2.75) is 50.4 Å². The SMILES string of the molecule is CC[Si](C)(C)OC1C(CO)OC(n2ccc(N)nc2=O)C1(F)F. The van der Waals surface area contributed by atoms with Crippen molar-refractivity contribution >= 4 is 14.1 Å². The molecule has 0 spiro atoms. The average Bonchev–Trinajstić information content (AvgIpc) is 2.70. The third-order valence-electron chi connectivity index (χ3n) is 3.93. The molecule has 1 aromatic heterocycles. The maximum absolute atomic E-state index is 14.8. The van der Waals surface area contributed by atoms with Gasteiger partial charge in [-0.1, -0.05) is 6.92 Å². The number of hydrogen-bond acceptors (Lipinski definition) is 6. The Bertz CT molecular complexity index is 625. The molecule has 1 saturated heterocycles. The van der Waals surface area contributed by atoms with E-state index in [-0.39, 0.29) is 5.82 Å². The summed E-state index contributed by atoms with van der Waals surface area (Å²) >= 11 is 0. The number of aliphatic hydroxyl groups is 1. The number of aliphatic hydroxyl groups excluding tert-OH is 1. The van der Waals surface area contributed by atoms with E-state index >= 15 is 0 Å². The third kappa shape index (κ3) is 3.44. The summed E-state index contributed by atoms with van der Waals surface area (Å²) in [4.78, 5) is 15.2.